The SMILES string of the molecule is Cc1ccc(F)cc1NC(C)c1cc(Br)ccc1F. The molecule has 0 amide bonds. The van der Waals surface area contributed by atoms with Gasteiger partial charge in [0.25, 0.3) is 0 Å². The zero-order valence-corrected chi connectivity index (χ0v) is 12.3. The molecule has 0 saturated heterocycles. The second-order valence-corrected chi connectivity index (χ2v) is 5.41. The highest BCUT2D eigenvalue weighted by Gasteiger charge is 2.12. The molecule has 1 nitrogen and oxygen atoms in total. The number of aryl methyl sites for hydroxylation is 1. The number of hydrogen-bond donors (Lipinski definition) is 1. The molecule has 2 aromatic rings. The fourth-order valence-corrected chi connectivity index (χ4v) is 2.29. The molecule has 19 heavy (non-hydrogen) atoms. The molecule has 100 valence electrons. The maximum absolute atomic E-state index is 13.8. The van der Waals surface area contributed by atoms with E-state index in [0.717, 1.165) is 10.0 Å². The van der Waals surface area contributed by atoms with E-state index in [1.54, 1.807) is 18.2 Å². The third-order valence-corrected chi connectivity index (χ3v) is 3.49. The van der Waals surface area contributed by atoms with Crippen LogP contribution in [0.2, 0.25) is 0 Å². The summed E-state index contributed by atoms with van der Waals surface area (Å²) in [7, 11) is 0. The Morgan fingerprint density at radius 3 is 2.58 bits per heavy atom. The molecule has 2 aromatic carbocycles. The highest BCUT2D eigenvalue weighted by molar-refractivity contribution is 9.10. The maximum Gasteiger partial charge on any atom is 0.128 e. The smallest absolute Gasteiger partial charge is 0.128 e. The average molecular weight is 326 g/mol. The number of anilines is 1. The normalized spacial score (nSPS) is 12.3. The van der Waals surface area contributed by atoms with E-state index >= 15 is 0 Å². The third kappa shape index (κ3) is 3.32. The van der Waals surface area contributed by atoms with Crippen LogP contribution in [0.15, 0.2) is 40.9 Å². The van der Waals surface area contributed by atoms with Crippen LogP contribution in [0.5, 0.6) is 0 Å². The van der Waals surface area contributed by atoms with Crippen LogP contribution in [-0.2, 0) is 0 Å². The standard InChI is InChI=1S/C15H14BrF2N/c1-9-3-5-12(17)8-15(9)19-10(2)13-7-11(16)4-6-14(13)18/h3-8,10,19H,1-2H3. The summed E-state index contributed by atoms with van der Waals surface area (Å²) in [6.07, 6.45) is 0. The zero-order valence-electron chi connectivity index (χ0n) is 10.7. The summed E-state index contributed by atoms with van der Waals surface area (Å²) in [4.78, 5) is 0. The van der Waals surface area contributed by atoms with Crippen LogP contribution in [0.1, 0.15) is 24.1 Å². The monoisotopic (exact) mass is 325 g/mol. The van der Waals surface area contributed by atoms with Gasteiger partial charge in [-0.05, 0) is 49.7 Å². The molecule has 0 fully saturated rings. The fourth-order valence-electron chi connectivity index (χ4n) is 1.91. The van der Waals surface area contributed by atoms with Crippen LogP contribution >= 0.6 is 15.9 Å². The Balaban J connectivity index is 2.27. The van der Waals surface area contributed by atoms with E-state index in [9.17, 15) is 8.78 Å². The Labute approximate surface area is 119 Å². The quantitative estimate of drug-likeness (QED) is 0.816. The van der Waals surface area contributed by atoms with Gasteiger partial charge in [-0.1, -0.05) is 22.0 Å². The van der Waals surface area contributed by atoms with Gasteiger partial charge < -0.3 is 5.32 Å². The Kier molecular flexibility index (Phi) is 4.20. The van der Waals surface area contributed by atoms with Crippen molar-refractivity contribution in [2.45, 2.75) is 19.9 Å². The summed E-state index contributed by atoms with van der Waals surface area (Å²) in [5.74, 6) is -0.590. The second-order valence-electron chi connectivity index (χ2n) is 4.49. The van der Waals surface area contributed by atoms with Crippen molar-refractivity contribution in [3.8, 4) is 0 Å². The van der Waals surface area contributed by atoms with Crippen molar-refractivity contribution < 1.29 is 8.78 Å². The predicted octanol–water partition coefficient (Wildman–Crippen LogP) is 5.21. The Morgan fingerprint density at radius 2 is 1.84 bits per heavy atom. The van der Waals surface area contributed by atoms with Gasteiger partial charge >= 0.3 is 0 Å². The van der Waals surface area contributed by atoms with Gasteiger partial charge in [0.1, 0.15) is 11.6 Å². The van der Waals surface area contributed by atoms with Crippen LogP contribution in [-0.4, -0.2) is 0 Å². The van der Waals surface area contributed by atoms with Crippen molar-refractivity contribution >= 4 is 21.6 Å². The number of nitrogens with one attached hydrogen (secondary N) is 1. The molecule has 0 aliphatic carbocycles. The molecule has 4 heteroatoms. The van der Waals surface area contributed by atoms with E-state index in [1.165, 1.54) is 18.2 Å². The van der Waals surface area contributed by atoms with Gasteiger partial charge in [-0.3, -0.25) is 0 Å². The molecule has 0 bridgehead atoms. The highest BCUT2D eigenvalue weighted by atomic mass is 79.9. The van der Waals surface area contributed by atoms with Crippen LogP contribution in [0.4, 0.5) is 14.5 Å². The molecule has 0 heterocycles. The van der Waals surface area contributed by atoms with Crippen molar-refractivity contribution in [2.75, 3.05) is 5.32 Å². The molecular formula is C15H14BrF2N. The maximum atomic E-state index is 13.8. The minimum atomic E-state index is -0.310. The molecule has 1 unspecified atom stereocenters. The fraction of sp³-hybridized carbons (Fsp3) is 0.200. The molecular weight excluding hydrogens is 312 g/mol. The van der Waals surface area contributed by atoms with Gasteiger partial charge in [0.2, 0.25) is 0 Å². The van der Waals surface area contributed by atoms with Crippen LogP contribution in [0.25, 0.3) is 0 Å². The molecule has 1 N–H and O–H groups in total. The lowest BCUT2D eigenvalue weighted by Crippen LogP contribution is -2.09. The van der Waals surface area contributed by atoms with E-state index in [-0.39, 0.29) is 17.7 Å². The minimum absolute atomic E-state index is 0.252. The lowest BCUT2D eigenvalue weighted by Gasteiger charge is -2.18. The van der Waals surface area contributed by atoms with Crippen molar-refractivity contribution in [1.29, 1.82) is 0 Å². The van der Waals surface area contributed by atoms with Crippen LogP contribution in [0, 0.1) is 18.6 Å². The van der Waals surface area contributed by atoms with Crippen molar-refractivity contribution in [3.05, 3.63) is 63.6 Å². The Morgan fingerprint density at radius 1 is 1.11 bits per heavy atom. The number of hydrogen-bond acceptors (Lipinski definition) is 1. The summed E-state index contributed by atoms with van der Waals surface area (Å²) in [6.45, 7) is 3.72. The number of halogens is 3. The zero-order chi connectivity index (χ0) is 14.0. The Bertz CT molecular complexity index is 599. The van der Waals surface area contributed by atoms with E-state index in [2.05, 4.69) is 21.2 Å². The van der Waals surface area contributed by atoms with Gasteiger partial charge in [0.05, 0.1) is 6.04 Å². The molecule has 0 spiro atoms. The first kappa shape index (κ1) is 14.0. The van der Waals surface area contributed by atoms with Crippen LogP contribution in [0.3, 0.4) is 0 Å². The molecule has 1 atom stereocenters. The summed E-state index contributed by atoms with van der Waals surface area (Å²) >= 11 is 3.32. The largest absolute Gasteiger partial charge is 0.378 e. The number of rotatable bonds is 3. The molecule has 0 aliphatic heterocycles. The van der Waals surface area contributed by atoms with Gasteiger partial charge in [-0.25, -0.2) is 8.78 Å². The topological polar surface area (TPSA) is 12.0 Å². The first-order chi connectivity index (χ1) is 8.97. The lowest BCUT2D eigenvalue weighted by molar-refractivity contribution is 0.599. The van der Waals surface area contributed by atoms with Crippen molar-refractivity contribution in [1.82, 2.24) is 0 Å². The summed E-state index contributed by atoms with van der Waals surface area (Å²) in [5, 5.41) is 3.13. The van der Waals surface area contributed by atoms with Gasteiger partial charge in [0, 0.05) is 15.7 Å². The molecule has 0 aromatic heterocycles. The number of benzene rings is 2. The molecule has 0 aliphatic rings. The molecule has 0 saturated carbocycles. The summed E-state index contributed by atoms with van der Waals surface area (Å²) in [6, 6.07) is 9.06. The van der Waals surface area contributed by atoms with E-state index in [1.807, 2.05) is 13.8 Å². The van der Waals surface area contributed by atoms with E-state index in [0.29, 0.717) is 11.3 Å². The summed E-state index contributed by atoms with van der Waals surface area (Å²) in [5.41, 5.74) is 2.13. The highest BCUT2D eigenvalue weighted by Crippen LogP contribution is 2.26. The Hall–Kier alpha value is -1.42. The van der Waals surface area contributed by atoms with Crippen molar-refractivity contribution in [2.24, 2.45) is 0 Å². The first-order valence-corrected chi connectivity index (χ1v) is 6.74. The minimum Gasteiger partial charge on any atom is -0.378 e. The molecule has 2 rings (SSSR count). The first-order valence-electron chi connectivity index (χ1n) is 5.95. The van der Waals surface area contributed by atoms with Gasteiger partial charge in [-0.2, -0.15) is 0 Å². The average Bonchev–Trinajstić information content (AvgIpc) is 2.36. The third-order valence-electron chi connectivity index (χ3n) is 3.00. The van der Waals surface area contributed by atoms with E-state index < -0.39 is 0 Å². The summed E-state index contributed by atoms with van der Waals surface area (Å²) < 4.78 is 27.8. The lowest BCUT2D eigenvalue weighted by atomic mass is 10.1. The van der Waals surface area contributed by atoms with Gasteiger partial charge in [0.15, 0.2) is 0 Å². The van der Waals surface area contributed by atoms with Crippen molar-refractivity contribution in [3.63, 3.8) is 0 Å². The van der Waals surface area contributed by atoms with E-state index in [4.69, 9.17) is 0 Å². The second kappa shape index (κ2) is 5.70. The predicted molar refractivity (Wildman–Crippen MR) is 77.3 cm³/mol. The van der Waals surface area contributed by atoms with Gasteiger partial charge in [-0.15, -0.1) is 0 Å². The van der Waals surface area contributed by atoms with Crippen LogP contribution < -0.4 is 5.32 Å². The molecule has 0 radical (unpaired) electrons.